The van der Waals surface area contributed by atoms with Gasteiger partial charge in [-0.1, -0.05) is 6.92 Å². The predicted octanol–water partition coefficient (Wildman–Crippen LogP) is 2.83. The number of carbonyl (C=O) groups excluding carboxylic acids is 3. The molecule has 0 aliphatic carbocycles. The number of Topliss-reactive ketones (excluding diaryl/α,β-unsaturated/α-hetero) is 1. The molecule has 2 aromatic carbocycles. The first-order valence-electron chi connectivity index (χ1n) is 9.90. The Labute approximate surface area is 179 Å². The van der Waals surface area contributed by atoms with Crippen LogP contribution in [0.15, 0.2) is 30.3 Å². The Hall–Kier alpha value is -3.86. The zero-order valence-corrected chi connectivity index (χ0v) is 17.2. The van der Waals surface area contributed by atoms with Crippen LogP contribution in [0.1, 0.15) is 63.7 Å². The summed E-state index contributed by atoms with van der Waals surface area (Å²) in [4.78, 5) is 36.6. The Morgan fingerprint density at radius 1 is 1.23 bits per heavy atom. The van der Waals surface area contributed by atoms with Gasteiger partial charge in [0.05, 0.1) is 29.8 Å². The van der Waals surface area contributed by atoms with Crippen LogP contribution in [0.25, 0.3) is 0 Å². The van der Waals surface area contributed by atoms with Crippen LogP contribution < -0.4 is 10.1 Å². The molecule has 0 saturated carbocycles. The number of fused-ring (bicyclic) bond motifs is 1. The zero-order chi connectivity index (χ0) is 22.5. The molecule has 1 unspecified atom stereocenters. The topological polar surface area (TPSA) is 126 Å². The molecule has 0 spiro atoms. The maximum absolute atomic E-state index is 12.9. The Balaban J connectivity index is 1.81. The molecular weight excluding hydrogens is 400 g/mol. The monoisotopic (exact) mass is 422 g/mol. The fraction of sp³-hybridized carbons (Fsp3) is 0.304. The van der Waals surface area contributed by atoms with Crippen molar-refractivity contribution in [3.8, 4) is 17.6 Å². The molecule has 3 rings (SSSR count). The molecule has 1 heterocycles. The van der Waals surface area contributed by atoms with Gasteiger partial charge in [-0.15, -0.1) is 0 Å². The van der Waals surface area contributed by atoms with E-state index >= 15 is 0 Å². The maximum atomic E-state index is 12.9. The Morgan fingerprint density at radius 3 is 2.68 bits per heavy atom. The number of carbonyl (C=O) groups is 3. The smallest absolute Gasteiger partial charge is 0.344 e. The van der Waals surface area contributed by atoms with E-state index in [9.17, 15) is 19.5 Å². The third kappa shape index (κ3) is 4.67. The van der Waals surface area contributed by atoms with Crippen molar-refractivity contribution in [3.63, 3.8) is 0 Å². The van der Waals surface area contributed by atoms with Crippen LogP contribution in [-0.4, -0.2) is 36.0 Å². The van der Waals surface area contributed by atoms with Gasteiger partial charge in [0.2, 0.25) is 0 Å². The second-order valence-electron chi connectivity index (χ2n) is 6.99. The number of esters is 1. The van der Waals surface area contributed by atoms with Gasteiger partial charge in [-0.3, -0.25) is 9.59 Å². The molecule has 2 N–H and O–H groups in total. The van der Waals surface area contributed by atoms with Crippen LogP contribution in [0.5, 0.6) is 11.5 Å². The quantitative estimate of drug-likeness (QED) is 0.495. The molecule has 1 aliphatic rings. The van der Waals surface area contributed by atoms with E-state index in [-0.39, 0.29) is 42.6 Å². The maximum Gasteiger partial charge on any atom is 0.344 e. The van der Waals surface area contributed by atoms with E-state index in [0.29, 0.717) is 34.4 Å². The number of nitriles is 1. The summed E-state index contributed by atoms with van der Waals surface area (Å²) in [7, 11) is 0. The van der Waals surface area contributed by atoms with Crippen LogP contribution in [0.4, 0.5) is 0 Å². The molecule has 0 saturated heterocycles. The molecule has 31 heavy (non-hydrogen) atoms. The molecule has 1 aliphatic heterocycles. The van der Waals surface area contributed by atoms with Crippen LogP contribution >= 0.6 is 0 Å². The van der Waals surface area contributed by atoms with Gasteiger partial charge >= 0.3 is 5.97 Å². The first-order chi connectivity index (χ1) is 14.9. The molecule has 2 aromatic rings. The summed E-state index contributed by atoms with van der Waals surface area (Å²) in [5, 5.41) is 22.3. The number of hydrogen-bond acceptors (Lipinski definition) is 7. The van der Waals surface area contributed by atoms with Gasteiger partial charge in [0.15, 0.2) is 12.4 Å². The number of nitrogens with one attached hydrogen (secondary N) is 1. The van der Waals surface area contributed by atoms with E-state index in [4.69, 9.17) is 14.7 Å². The third-order valence-corrected chi connectivity index (χ3v) is 5.01. The highest BCUT2D eigenvalue weighted by molar-refractivity contribution is 6.03. The average Bonchev–Trinajstić information content (AvgIpc) is 3.06. The van der Waals surface area contributed by atoms with E-state index in [2.05, 4.69) is 5.32 Å². The number of nitrogens with zero attached hydrogens (tertiary/aromatic N) is 1. The van der Waals surface area contributed by atoms with Gasteiger partial charge in [0.1, 0.15) is 11.5 Å². The number of rotatable bonds is 8. The van der Waals surface area contributed by atoms with Crippen LogP contribution in [0.3, 0.4) is 0 Å². The molecule has 1 amide bonds. The molecule has 0 aromatic heterocycles. The van der Waals surface area contributed by atoms with Crippen molar-refractivity contribution in [2.75, 3.05) is 13.2 Å². The zero-order valence-electron chi connectivity index (χ0n) is 17.2. The lowest BCUT2D eigenvalue weighted by Crippen LogP contribution is -2.21. The van der Waals surface area contributed by atoms with Gasteiger partial charge in [0.25, 0.3) is 5.91 Å². The number of phenolic OH excluding ortho intramolecular Hbond substituents is 1. The standard InChI is InChI=1S/C23H22N2O6/c1-3-14-8-17(20(27)10-21(14)31-12-22(28)30-4-2)19(26)9-18-16-7-13(11-24)5-6-15(16)23(29)25-18/h5-8,10,18,27H,3-4,9,12H2,1-2H3,(H,25,29). The van der Waals surface area contributed by atoms with Crippen molar-refractivity contribution < 1.29 is 29.0 Å². The molecular formula is C23H22N2O6. The summed E-state index contributed by atoms with van der Waals surface area (Å²) < 4.78 is 10.3. The van der Waals surface area contributed by atoms with Crippen LogP contribution in [-0.2, 0) is 16.0 Å². The number of amides is 1. The van der Waals surface area contributed by atoms with E-state index in [1.807, 2.05) is 13.0 Å². The van der Waals surface area contributed by atoms with Crippen LogP contribution in [0, 0.1) is 11.3 Å². The lowest BCUT2D eigenvalue weighted by molar-refractivity contribution is -0.145. The Morgan fingerprint density at radius 2 is 2.00 bits per heavy atom. The Bertz CT molecular complexity index is 1090. The highest BCUT2D eigenvalue weighted by atomic mass is 16.6. The Kier molecular flexibility index (Phi) is 6.55. The minimum absolute atomic E-state index is 0.0760. The summed E-state index contributed by atoms with van der Waals surface area (Å²) in [6.07, 6.45) is 0.431. The summed E-state index contributed by atoms with van der Waals surface area (Å²) in [6, 6.07) is 8.98. The molecule has 160 valence electrons. The SMILES string of the molecule is CCOC(=O)COc1cc(O)c(C(=O)CC2NC(=O)c3ccc(C#N)cc32)cc1CC. The number of aromatic hydroxyl groups is 1. The third-order valence-electron chi connectivity index (χ3n) is 5.01. The first kappa shape index (κ1) is 21.8. The summed E-state index contributed by atoms with van der Waals surface area (Å²) in [5.74, 6) is -1.20. The first-order valence-corrected chi connectivity index (χ1v) is 9.90. The van der Waals surface area contributed by atoms with E-state index in [0.717, 1.165) is 0 Å². The van der Waals surface area contributed by atoms with Crippen molar-refractivity contribution in [1.82, 2.24) is 5.32 Å². The largest absolute Gasteiger partial charge is 0.507 e. The lowest BCUT2D eigenvalue weighted by atomic mass is 9.95. The molecule has 8 heteroatoms. The van der Waals surface area contributed by atoms with Gasteiger partial charge in [-0.05, 0) is 48.7 Å². The molecule has 0 radical (unpaired) electrons. The number of hydrogen-bond donors (Lipinski definition) is 2. The minimum Gasteiger partial charge on any atom is -0.507 e. The van der Waals surface area contributed by atoms with Crippen molar-refractivity contribution in [2.45, 2.75) is 32.7 Å². The van der Waals surface area contributed by atoms with Gasteiger partial charge in [-0.25, -0.2) is 4.79 Å². The second kappa shape index (κ2) is 9.30. The predicted molar refractivity (Wildman–Crippen MR) is 110 cm³/mol. The van der Waals surface area contributed by atoms with E-state index < -0.39 is 12.0 Å². The van der Waals surface area contributed by atoms with Gasteiger partial charge in [0, 0.05) is 18.1 Å². The lowest BCUT2D eigenvalue weighted by Gasteiger charge is -2.15. The van der Waals surface area contributed by atoms with Crippen molar-refractivity contribution in [2.24, 2.45) is 0 Å². The highest BCUT2D eigenvalue weighted by Crippen LogP contribution is 2.34. The van der Waals surface area contributed by atoms with E-state index in [1.165, 1.54) is 12.1 Å². The van der Waals surface area contributed by atoms with Crippen molar-refractivity contribution in [1.29, 1.82) is 5.26 Å². The molecule has 1 atom stereocenters. The number of benzene rings is 2. The van der Waals surface area contributed by atoms with Gasteiger partial charge in [-0.2, -0.15) is 5.26 Å². The minimum atomic E-state index is -0.590. The number of phenols is 1. The molecule has 8 nitrogen and oxygen atoms in total. The summed E-state index contributed by atoms with van der Waals surface area (Å²) in [6.45, 7) is 3.47. The van der Waals surface area contributed by atoms with Gasteiger partial charge < -0.3 is 19.9 Å². The second-order valence-corrected chi connectivity index (χ2v) is 6.99. The number of ketones is 1. The fourth-order valence-electron chi connectivity index (χ4n) is 3.48. The van der Waals surface area contributed by atoms with Crippen LogP contribution in [0.2, 0.25) is 0 Å². The number of aryl methyl sites for hydroxylation is 1. The summed E-state index contributed by atoms with van der Waals surface area (Å²) >= 11 is 0. The highest BCUT2D eigenvalue weighted by Gasteiger charge is 2.31. The van der Waals surface area contributed by atoms with Crippen molar-refractivity contribution in [3.05, 3.63) is 58.1 Å². The summed E-state index contributed by atoms with van der Waals surface area (Å²) in [5.41, 5.74) is 2.15. The number of ether oxygens (including phenoxy) is 2. The molecule has 0 bridgehead atoms. The molecule has 0 fully saturated rings. The normalized spacial score (nSPS) is 14.4. The fourth-order valence-corrected chi connectivity index (χ4v) is 3.48. The average molecular weight is 422 g/mol. The van der Waals surface area contributed by atoms with Crippen molar-refractivity contribution >= 4 is 17.7 Å². The van der Waals surface area contributed by atoms with E-state index in [1.54, 1.807) is 25.1 Å².